The lowest BCUT2D eigenvalue weighted by Gasteiger charge is -2.09. The fourth-order valence-corrected chi connectivity index (χ4v) is 1.86. The highest BCUT2D eigenvalue weighted by atomic mass is 79.9. The minimum absolute atomic E-state index is 0.367. The number of nitrogens with zero attached hydrogens (tertiary/aromatic N) is 3. The van der Waals surface area contributed by atoms with Crippen LogP contribution >= 0.6 is 15.9 Å². The molecule has 0 saturated heterocycles. The van der Waals surface area contributed by atoms with Crippen molar-refractivity contribution in [3.63, 3.8) is 0 Å². The van der Waals surface area contributed by atoms with E-state index in [9.17, 15) is 0 Å². The highest BCUT2D eigenvalue weighted by Gasteiger charge is 2.13. The van der Waals surface area contributed by atoms with Gasteiger partial charge in [-0.3, -0.25) is 4.98 Å². The lowest BCUT2D eigenvalue weighted by Crippen LogP contribution is -2.05. The van der Waals surface area contributed by atoms with Crippen LogP contribution in [0, 0.1) is 6.92 Å². The number of nitrogens with two attached hydrogens (primary N) is 1. The Labute approximate surface area is 114 Å². The normalized spacial score (nSPS) is 10.6. The maximum absolute atomic E-state index is 5.86. The number of aryl methyl sites for hydroxylation is 1. The van der Waals surface area contributed by atoms with E-state index in [2.05, 4.69) is 30.9 Å². The number of aromatic nitrogens is 3. The largest absolute Gasteiger partial charge is 0.383 e. The molecular weight excluding hydrogens is 296 g/mol. The van der Waals surface area contributed by atoms with E-state index in [0.717, 1.165) is 11.3 Å². The van der Waals surface area contributed by atoms with Gasteiger partial charge in [0.1, 0.15) is 11.5 Å². The van der Waals surface area contributed by atoms with E-state index in [4.69, 9.17) is 10.5 Å². The highest BCUT2D eigenvalue weighted by molar-refractivity contribution is 9.10. The molecule has 0 fully saturated rings. The zero-order valence-corrected chi connectivity index (χ0v) is 11.7. The summed E-state index contributed by atoms with van der Waals surface area (Å²) in [7, 11) is 1.61. The molecule has 94 valence electrons. The number of nitrogen functional groups attached to an aromatic ring is 1. The monoisotopic (exact) mass is 308 g/mol. The minimum Gasteiger partial charge on any atom is -0.383 e. The first-order chi connectivity index (χ1) is 8.63. The second kappa shape index (κ2) is 5.41. The highest BCUT2D eigenvalue weighted by Crippen LogP contribution is 2.25. The van der Waals surface area contributed by atoms with E-state index in [0.29, 0.717) is 28.4 Å². The molecule has 0 aromatic carbocycles. The number of rotatable bonds is 3. The Morgan fingerprint density at radius 1 is 1.39 bits per heavy atom. The molecule has 0 bridgehead atoms. The molecule has 0 aliphatic carbocycles. The van der Waals surface area contributed by atoms with Crippen LogP contribution in [0.5, 0.6) is 0 Å². The standard InChI is InChI=1S/C12H13BrN4O/c1-7-4-3-5-15-10(7)12-16-8(6-18-2)9(13)11(14)17-12/h3-5H,6H2,1-2H3,(H2,14,16,17). The van der Waals surface area contributed by atoms with Crippen LogP contribution in [0.25, 0.3) is 11.5 Å². The molecule has 2 aromatic rings. The van der Waals surface area contributed by atoms with Crippen molar-refractivity contribution >= 4 is 21.7 Å². The molecule has 18 heavy (non-hydrogen) atoms. The van der Waals surface area contributed by atoms with Crippen molar-refractivity contribution in [1.82, 2.24) is 15.0 Å². The van der Waals surface area contributed by atoms with E-state index in [1.165, 1.54) is 0 Å². The van der Waals surface area contributed by atoms with Gasteiger partial charge in [-0.25, -0.2) is 9.97 Å². The van der Waals surface area contributed by atoms with Crippen LogP contribution in [0.2, 0.25) is 0 Å². The lowest BCUT2D eigenvalue weighted by atomic mass is 10.2. The molecular formula is C12H13BrN4O. The van der Waals surface area contributed by atoms with Crippen LogP contribution < -0.4 is 5.73 Å². The third-order valence-electron chi connectivity index (χ3n) is 2.45. The third kappa shape index (κ3) is 2.49. The molecule has 5 nitrogen and oxygen atoms in total. The van der Waals surface area contributed by atoms with E-state index >= 15 is 0 Å². The summed E-state index contributed by atoms with van der Waals surface area (Å²) in [6.07, 6.45) is 1.71. The first-order valence-corrected chi connectivity index (χ1v) is 6.15. The zero-order chi connectivity index (χ0) is 13.1. The van der Waals surface area contributed by atoms with Gasteiger partial charge in [-0.1, -0.05) is 6.07 Å². The quantitative estimate of drug-likeness (QED) is 0.942. The Balaban J connectivity index is 2.56. The van der Waals surface area contributed by atoms with Crippen molar-refractivity contribution in [3.8, 4) is 11.5 Å². The first-order valence-electron chi connectivity index (χ1n) is 5.36. The van der Waals surface area contributed by atoms with E-state index < -0.39 is 0 Å². The van der Waals surface area contributed by atoms with Crippen LogP contribution in [-0.2, 0) is 11.3 Å². The Morgan fingerprint density at radius 2 is 2.17 bits per heavy atom. The molecule has 0 radical (unpaired) electrons. The van der Waals surface area contributed by atoms with Gasteiger partial charge in [0, 0.05) is 13.3 Å². The van der Waals surface area contributed by atoms with Crippen molar-refractivity contribution in [1.29, 1.82) is 0 Å². The summed E-state index contributed by atoms with van der Waals surface area (Å²) in [5.41, 5.74) is 8.30. The Morgan fingerprint density at radius 3 is 2.83 bits per heavy atom. The number of hydrogen-bond donors (Lipinski definition) is 1. The molecule has 2 N–H and O–H groups in total. The number of methoxy groups -OCH3 is 1. The molecule has 0 aliphatic rings. The molecule has 0 saturated carbocycles. The average Bonchev–Trinajstić information content (AvgIpc) is 2.35. The number of ether oxygens (including phenoxy) is 1. The molecule has 2 rings (SSSR count). The van der Waals surface area contributed by atoms with E-state index in [1.807, 2.05) is 19.1 Å². The Hall–Kier alpha value is -1.53. The first kappa shape index (κ1) is 12.9. The van der Waals surface area contributed by atoms with Crippen molar-refractivity contribution in [2.24, 2.45) is 0 Å². The number of halogens is 1. The number of anilines is 1. The van der Waals surface area contributed by atoms with Crippen LogP contribution in [0.4, 0.5) is 5.82 Å². The molecule has 0 unspecified atom stereocenters. The average molecular weight is 309 g/mol. The van der Waals surface area contributed by atoms with Crippen LogP contribution in [0.3, 0.4) is 0 Å². The van der Waals surface area contributed by atoms with Crippen LogP contribution in [-0.4, -0.2) is 22.1 Å². The van der Waals surface area contributed by atoms with Crippen molar-refractivity contribution in [3.05, 3.63) is 34.1 Å². The predicted octanol–water partition coefficient (Wildman–Crippen LogP) is 2.34. The predicted molar refractivity (Wildman–Crippen MR) is 72.8 cm³/mol. The third-order valence-corrected chi connectivity index (χ3v) is 3.31. The summed E-state index contributed by atoms with van der Waals surface area (Å²) in [4.78, 5) is 13.0. The van der Waals surface area contributed by atoms with Crippen molar-refractivity contribution in [2.45, 2.75) is 13.5 Å². The topological polar surface area (TPSA) is 73.9 Å². The number of hydrogen-bond acceptors (Lipinski definition) is 5. The summed E-state index contributed by atoms with van der Waals surface area (Å²) in [5.74, 6) is 0.901. The fourth-order valence-electron chi connectivity index (χ4n) is 1.57. The SMILES string of the molecule is COCc1nc(-c2ncccc2C)nc(N)c1Br. The minimum atomic E-state index is 0.367. The molecule has 0 atom stereocenters. The van der Waals surface area contributed by atoms with Gasteiger partial charge in [0.25, 0.3) is 0 Å². The Bertz CT molecular complexity index is 574. The maximum Gasteiger partial charge on any atom is 0.180 e. The van der Waals surface area contributed by atoms with Gasteiger partial charge in [-0.2, -0.15) is 0 Å². The summed E-state index contributed by atoms with van der Waals surface area (Å²) < 4.78 is 5.76. The van der Waals surface area contributed by atoms with E-state index in [1.54, 1.807) is 13.3 Å². The Kier molecular flexibility index (Phi) is 3.88. The van der Waals surface area contributed by atoms with Crippen LogP contribution in [0.1, 0.15) is 11.3 Å². The van der Waals surface area contributed by atoms with Gasteiger partial charge in [0.2, 0.25) is 0 Å². The second-order valence-electron chi connectivity index (χ2n) is 3.80. The van der Waals surface area contributed by atoms with Gasteiger partial charge in [-0.05, 0) is 34.5 Å². The second-order valence-corrected chi connectivity index (χ2v) is 4.59. The lowest BCUT2D eigenvalue weighted by molar-refractivity contribution is 0.181. The summed E-state index contributed by atoms with van der Waals surface area (Å²) in [5, 5.41) is 0. The zero-order valence-electron chi connectivity index (χ0n) is 10.1. The van der Waals surface area contributed by atoms with Crippen LogP contribution in [0.15, 0.2) is 22.8 Å². The molecule has 0 aliphatic heterocycles. The summed E-state index contributed by atoms with van der Waals surface area (Å²) >= 11 is 3.36. The van der Waals surface area contributed by atoms with Crippen molar-refractivity contribution < 1.29 is 4.74 Å². The maximum atomic E-state index is 5.86. The summed E-state index contributed by atoms with van der Waals surface area (Å²) in [6, 6.07) is 3.83. The van der Waals surface area contributed by atoms with Gasteiger partial charge in [0.05, 0.1) is 16.8 Å². The van der Waals surface area contributed by atoms with Gasteiger partial charge in [-0.15, -0.1) is 0 Å². The molecule has 6 heteroatoms. The summed E-state index contributed by atoms with van der Waals surface area (Å²) in [6.45, 7) is 2.33. The van der Waals surface area contributed by atoms with Crippen molar-refractivity contribution in [2.75, 3.05) is 12.8 Å². The number of pyridine rings is 1. The van der Waals surface area contributed by atoms with E-state index in [-0.39, 0.29) is 0 Å². The smallest absolute Gasteiger partial charge is 0.180 e. The molecule has 2 heterocycles. The fraction of sp³-hybridized carbons (Fsp3) is 0.250. The molecule has 2 aromatic heterocycles. The van der Waals surface area contributed by atoms with Gasteiger partial charge < -0.3 is 10.5 Å². The van der Waals surface area contributed by atoms with Gasteiger partial charge in [0.15, 0.2) is 5.82 Å². The van der Waals surface area contributed by atoms with Gasteiger partial charge >= 0.3 is 0 Å². The molecule has 0 spiro atoms. The molecule has 0 amide bonds.